The standard InChI is InChI=1S/C13H16N6S/c14-12(15)9-5-6-16-11(8-9)20-13-18-17-10-4-2-1-3-7-19(10)13/h5-6,8H,1-4,7H2,(H3,14,15). The Labute approximate surface area is 121 Å². The number of nitrogens with two attached hydrogens (primary N) is 1. The van der Waals surface area contributed by atoms with Crippen LogP contribution in [-0.2, 0) is 13.0 Å². The highest BCUT2D eigenvalue weighted by molar-refractivity contribution is 7.99. The molecule has 0 bridgehead atoms. The van der Waals surface area contributed by atoms with Gasteiger partial charge in [-0.1, -0.05) is 6.42 Å². The molecule has 104 valence electrons. The van der Waals surface area contributed by atoms with E-state index in [1.165, 1.54) is 31.0 Å². The number of nitrogen functional groups attached to an aromatic ring is 1. The van der Waals surface area contributed by atoms with Crippen molar-refractivity contribution in [3.05, 3.63) is 29.7 Å². The summed E-state index contributed by atoms with van der Waals surface area (Å²) in [5.41, 5.74) is 6.18. The Morgan fingerprint density at radius 2 is 2.20 bits per heavy atom. The van der Waals surface area contributed by atoms with Gasteiger partial charge in [0.2, 0.25) is 0 Å². The van der Waals surface area contributed by atoms with E-state index in [2.05, 4.69) is 19.7 Å². The minimum atomic E-state index is 0.0503. The van der Waals surface area contributed by atoms with Crippen LogP contribution in [-0.4, -0.2) is 25.6 Å². The Balaban J connectivity index is 1.86. The number of nitrogens with zero attached hydrogens (tertiary/aromatic N) is 4. The maximum absolute atomic E-state index is 7.47. The van der Waals surface area contributed by atoms with Crippen molar-refractivity contribution in [2.24, 2.45) is 5.73 Å². The lowest BCUT2D eigenvalue weighted by Gasteiger charge is -2.06. The van der Waals surface area contributed by atoms with E-state index >= 15 is 0 Å². The average Bonchev–Trinajstić information content (AvgIpc) is 2.68. The van der Waals surface area contributed by atoms with Gasteiger partial charge in [-0.25, -0.2) is 4.98 Å². The smallest absolute Gasteiger partial charge is 0.197 e. The van der Waals surface area contributed by atoms with Crippen molar-refractivity contribution in [2.45, 2.75) is 42.4 Å². The number of rotatable bonds is 3. The molecule has 0 amide bonds. The fourth-order valence-electron chi connectivity index (χ4n) is 2.26. The van der Waals surface area contributed by atoms with Crippen LogP contribution in [0.1, 0.15) is 30.7 Å². The molecule has 2 aromatic heterocycles. The number of pyridine rings is 1. The van der Waals surface area contributed by atoms with Crippen LogP contribution in [0.5, 0.6) is 0 Å². The van der Waals surface area contributed by atoms with Crippen LogP contribution < -0.4 is 5.73 Å². The van der Waals surface area contributed by atoms with E-state index < -0.39 is 0 Å². The zero-order chi connectivity index (χ0) is 13.9. The first-order valence-electron chi connectivity index (χ1n) is 6.64. The number of aryl methyl sites for hydroxylation is 1. The molecule has 7 heteroatoms. The van der Waals surface area contributed by atoms with E-state index in [4.69, 9.17) is 11.1 Å². The molecule has 0 atom stereocenters. The molecule has 0 aliphatic carbocycles. The van der Waals surface area contributed by atoms with Crippen LogP contribution in [0.2, 0.25) is 0 Å². The fourth-order valence-corrected chi connectivity index (χ4v) is 3.14. The van der Waals surface area contributed by atoms with Crippen LogP contribution in [0.4, 0.5) is 0 Å². The first-order chi connectivity index (χ1) is 9.74. The third-order valence-electron chi connectivity index (χ3n) is 3.32. The maximum atomic E-state index is 7.47. The average molecular weight is 288 g/mol. The normalized spacial score (nSPS) is 14.6. The van der Waals surface area contributed by atoms with Crippen molar-refractivity contribution in [3.8, 4) is 0 Å². The molecule has 3 heterocycles. The van der Waals surface area contributed by atoms with Gasteiger partial charge in [-0.2, -0.15) is 0 Å². The summed E-state index contributed by atoms with van der Waals surface area (Å²) in [7, 11) is 0. The molecule has 1 aliphatic rings. The second-order valence-corrected chi connectivity index (χ2v) is 5.75. The van der Waals surface area contributed by atoms with E-state index in [9.17, 15) is 0 Å². The fraction of sp³-hybridized carbons (Fsp3) is 0.385. The number of fused-ring (bicyclic) bond motifs is 1. The molecule has 0 saturated carbocycles. The summed E-state index contributed by atoms with van der Waals surface area (Å²) < 4.78 is 2.18. The van der Waals surface area contributed by atoms with Crippen LogP contribution in [0.15, 0.2) is 28.5 Å². The monoisotopic (exact) mass is 288 g/mol. The molecule has 0 unspecified atom stereocenters. The third kappa shape index (κ3) is 2.67. The summed E-state index contributed by atoms with van der Waals surface area (Å²) in [4.78, 5) is 4.30. The number of amidine groups is 1. The minimum absolute atomic E-state index is 0.0503. The third-order valence-corrected chi connectivity index (χ3v) is 4.23. The highest BCUT2D eigenvalue weighted by Crippen LogP contribution is 2.27. The van der Waals surface area contributed by atoms with Gasteiger partial charge >= 0.3 is 0 Å². The zero-order valence-electron chi connectivity index (χ0n) is 11.0. The highest BCUT2D eigenvalue weighted by atomic mass is 32.2. The van der Waals surface area contributed by atoms with Crippen LogP contribution in [0.3, 0.4) is 0 Å². The Morgan fingerprint density at radius 3 is 3.05 bits per heavy atom. The molecular formula is C13H16N6S. The number of hydrogen-bond donors (Lipinski definition) is 2. The summed E-state index contributed by atoms with van der Waals surface area (Å²) >= 11 is 1.48. The molecular weight excluding hydrogens is 272 g/mol. The molecule has 0 saturated heterocycles. The van der Waals surface area contributed by atoms with Gasteiger partial charge in [-0.15, -0.1) is 10.2 Å². The summed E-state index contributed by atoms with van der Waals surface area (Å²) in [6, 6.07) is 3.54. The Kier molecular flexibility index (Phi) is 3.68. The van der Waals surface area contributed by atoms with Crippen LogP contribution >= 0.6 is 11.8 Å². The van der Waals surface area contributed by atoms with Crippen molar-refractivity contribution >= 4 is 17.6 Å². The second-order valence-electron chi connectivity index (χ2n) is 4.76. The van der Waals surface area contributed by atoms with Gasteiger partial charge in [0.15, 0.2) is 5.16 Å². The number of aromatic nitrogens is 4. The molecule has 0 spiro atoms. The predicted octanol–water partition coefficient (Wildman–Crippen LogP) is 1.83. The summed E-state index contributed by atoms with van der Waals surface area (Å²) in [5.74, 6) is 1.11. The summed E-state index contributed by atoms with van der Waals surface area (Å²) in [6.45, 7) is 0.969. The molecule has 6 nitrogen and oxygen atoms in total. The van der Waals surface area contributed by atoms with Crippen molar-refractivity contribution in [2.75, 3.05) is 0 Å². The van der Waals surface area contributed by atoms with E-state index in [0.29, 0.717) is 5.56 Å². The van der Waals surface area contributed by atoms with E-state index in [-0.39, 0.29) is 5.84 Å². The first kappa shape index (κ1) is 13.1. The van der Waals surface area contributed by atoms with E-state index in [1.54, 1.807) is 12.3 Å². The Hall–Kier alpha value is -1.89. The van der Waals surface area contributed by atoms with Gasteiger partial charge in [0.1, 0.15) is 16.7 Å². The molecule has 0 aromatic carbocycles. The van der Waals surface area contributed by atoms with Crippen molar-refractivity contribution in [1.82, 2.24) is 19.7 Å². The largest absolute Gasteiger partial charge is 0.384 e. The number of nitrogens with one attached hydrogen (secondary N) is 1. The second kappa shape index (κ2) is 5.62. The van der Waals surface area contributed by atoms with Gasteiger partial charge in [0.25, 0.3) is 0 Å². The van der Waals surface area contributed by atoms with Gasteiger partial charge in [0.05, 0.1) is 0 Å². The molecule has 20 heavy (non-hydrogen) atoms. The predicted molar refractivity (Wildman–Crippen MR) is 77.0 cm³/mol. The van der Waals surface area contributed by atoms with Gasteiger partial charge in [-0.05, 0) is 36.7 Å². The summed E-state index contributed by atoms with van der Waals surface area (Å²) in [5, 5.41) is 17.7. The minimum Gasteiger partial charge on any atom is -0.384 e. The maximum Gasteiger partial charge on any atom is 0.197 e. The topological polar surface area (TPSA) is 93.5 Å². The first-order valence-corrected chi connectivity index (χ1v) is 7.46. The Bertz CT molecular complexity index is 636. The molecule has 3 N–H and O–H groups in total. The molecule has 1 aliphatic heterocycles. The van der Waals surface area contributed by atoms with Gasteiger partial charge < -0.3 is 10.3 Å². The lowest BCUT2D eigenvalue weighted by molar-refractivity contribution is 0.590. The lowest BCUT2D eigenvalue weighted by atomic mass is 10.2. The van der Waals surface area contributed by atoms with E-state index in [1.807, 2.05) is 6.07 Å². The highest BCUT2D eigenvalue weighted by Gasteiger charge is 2.16. The van der Waals surface area contributed by atoms with Crippen molar-refractivity contribution in [3.63, 3.8) is 0 Å². The lowest BCUT2D eigenvalue weighted by Crippen LogP contribution is -2.11. The van der Waals surface area contributed by atoms with Crippen molar-refractivity contribution in [1.29, 1.82) is 5.41 Å². The molecule has 2 aromatic rings. The Morgan fingerprint density at radius 1 is 1.30 bits per heavy atom. The number of hydrogen-bond acceptors (Lipinski definition) is 5. The van der Waals surface area contributed by atoms with Gasteiger partial charge in [-0.3, -0.25) is 5.41 Å². The molecule has 3 rings (SSSR count). The quantitative estimate of drug-likeness (QED) is 0.664. The van der Waals surface area contributed by atoms with E-state index in [0.717, 1.165) is 29.0 Å². The van der Waals surface area contributed by atoms with Crippen LogP contribution in [0.25, 0.3) is 0 Å². The van der Waals surface area contributed by atoms with Crippen molar-refractivity contribution < 1.29 is 0 Å². The molecule has 0 fully saturated rings. The molecule has 0 radical (unpaired) electrons. The van der Waals surface area contributed by atoms with Crippen LogP contribution in [0, 0.1) is 5.41 Å². The SMILES string of the molecule is N=C(N)c1ccnc(Sc2nnc3n2CCCCC3)c1. The zero-order valence-corrected chi connectivity index (χ0v) is 11.9. The van der Waals surface area contributed by atoms with Gasteiger partial charge in [0, 0.05) is 24.7 Å². The summed E-state index contributed by atoms with van der Waals surface area (Å²) in [6.07, 6.45) is 6.25.